The summed E-state index contributed by atoms with van der Waals surface area (Å²) in [6.07, 6.45) is 1.06. The van der Waals surface area contributed by atoms with Gasteiger partial charge in [0.05, 0.1) is 27.8 Å². The van der Waals surface area contributed by atoms with Crippen LogP contribution in [0.4, 0.5) is 4.70 Å². The quantitative estimate of drug-likeness (QED) is 0.169. The zero-order valence-corrected chi connectivity index (χ0v) is 30.4. The average Bonchev–Trinajstić information content (AvgIpc) is 3.93. The molecule has 0 aliphatic heterocycles. The molecule has 0 atom stereocenters. The van der Waals surface area contributed by atoms with Crippen molar-refractivity contribution in [3.8, 4) is 22.6 Å². The second-order valence-corrected chi connectivity index (χ2v) is 14.0. The molecule has 0 bridgehead atoms. The van der Waals surface area contributed by atoms with E-state index in [0.717, 1.165) is 6.42 Å². The first kappa shape index (κ1) is 35.5. The molecule has 10 aromatic rings. The van der Waals surface area contributed by atoms with E-state index in [2.05, 4.69) is 207 Å². The second kappa shape index (κ2) is 15.4. The van der Waals surface area contributed by atoms with Gasteiger partial charge in [0.2, 0.25) is 0 Å². The largest absolute Gasteiger partial charge is 0.354 e. The zero-order chi connectivity index (χ0) is 34.1. The zero-order valence-electron chi connectivity index (χ0n) is 28.3. The number of para-hydroxylation sites is 5. The van der Waals surface area contributed by atoms with Gasteiger partial charge in [0, 0.05) is 48.6 Å². The second-order valence-electron chi connectivity index (χ2n) is 12.7. The van der Waals surface area contributed by atoms with Gasteiger partial charge in [0.1, 0.15) is 0 Å². The van der Waals surface area contributed by atoms with Crippen molar-refractivity contribution in [3.63, 3.8) is 0 Å². The number of aromatic nitrogens is 3. The molecule has 3 heterocycles. The smallest absolute Gasteiger partial charge is 0.0803 e. The molecule has 0 fully saturated rings. The molecule has 1 aliphatic rings. The van der Waals surface area contributed by atoms with E-state index in [4.69, 9.17) is 0 Å². The van der Waals surface area contributed by atoms with E-state index in [1.165, 1.54) is 81.1 Å². The van der Waals surface area contributed by atoms with Crippen molar-refractivity contribution in [2.24, 2.45) is 0 Å². The van der Waals surface area contributed by atoms with Crippen molar-refractivity contribution in [1.82, 2.24) is 14.1 Å². The maximum atomic E-state index is 3.53. The molecule has 7 aromatic carbocycles. The summed E-state index contributed by atoms with van der Waals surface area (Å²) in [6, 6.07) is 66.1. The van der Waals surface area contributed by atoms with Crippen molar-refractivity contribution >= 4 is 66.3 Å². The lowest BCUT2D eigenvalue weighted by molar-refractivity contribution is 1.11. The van der Waals surface area contributed by atoms with E-state index in [9.17, 15) is 0 Å². The molecular weight excluding hydrogens is 764 g/mol. The van der Waals surface area contributed by atoms with Crippen LogP contribution in [0.25, 0.3) is 66.4 Å². The van der Waals surface area contributed by atoms with Crippen LogP contribution in [0.3, 0.4) is 0 Å². The molecule has 3 nitrogen and oxygen atoms in total. The number of hydrogen-bond acceptors (Lipinski definition) is 0. The highest BCUT2D eigenvalue weighted by atomic mass is 127. The number of nitrogens with one attached hydrogen (secondary N) is 1. The summed E-state index contributed by atoms with van der Waals surface area (Å²) in [5.41, 5.74) is 14.2. The van der Waals surface area contributed by atoms with Gasteiger partial charge in [-0.3, -0.25) is 4.70 Å². The minimum Gasteiger partial charge on any atom is -0.354 e. The molecule has 260 valence electrons. The Hall–Kier alpha value is -5.92. The summed E-state index contributed by atoms with van der Waals surface area (Å²) >= 11 is 2.28. The normalized spacial score (nSPS) is 11.1. The SMILES string of the molecule is C.F.Ic1ccccc1.c1ccc(-n2c3ccccc3c3c2c2ccccc2n3-c2ccccc2)cc1.c1ccc2c(c1)Cc1c-2[nH]c2ccccc12. The third kappa shape index (κ3) is 6.42. The topological polar surface area (TPSA) is 25.6 Å². The Kier molecular flexibility index (Phi) is 10.3. The van der Waals surface area contributed by atoms with Crippen LogP contribution in [0.15, 0.2) is 188 Å². The number of aromatic amines is 1. The lowest BCUT2D eigenvalue weighted by atomic mass is 10.1. The van der Waals surface area contributed by atoms with Crippen LogP contribution in [0.2, 0.25) is 0 Å². The van der Waals surface area contributed by atoms with Crippen molar-refractivity contribution in [2.45, 2.75) is 13.8 Å². The van der Waals surface area contributed by atoms with Crippen LogP contribution in [0.5, 0.6) is 0 Å². The Morgan fingerprint density at radius 3 is 1.42 bits per heavy atom. The van der Waals surface area contributed by atoms with Gasteiger partial charge in [0.25, 0.3) is 0 Å². The predicted molar refractivity (Wildman–Crippen MR) is 233 cm³/mol. The van der Waals surface area contributed by atoms with E-state index in [-0.39, 0.29) is 12.1 Å². The highest BCUT2D eigenvalue weighted by molar-refractivity contribution is 14.1. The molecule has 1 aliphatic carbocycles. The molecule has 3 aromatic heterocycles. The molecule has 0 saturated heterocycles. The highest BCUT2D eigenvalue weighted by Crippen LogP contribution is 2.41. The Morgan fingerprint density at radius 2 is 0.887 bits per heavy atom. The number of fused-ring (bicyclic) bond motifs is 10. The molecule has 0 amide bonds. The molecule has 0 unspecified atom stereocenters. The minimum absolute atomic E-state index is 0. The number of H-pyrrole nitrogens is 1. The van der Waals surface area contributed by atoms with E-state index >= 15 is 0 Å². The van der Waals surface area contributed by atoms with Crippen LogP contribution in [-0.4, -0.2) is 14.1 Å². The fraction of sp³-hybridized carbons (Fsp3) is 0.0417. The van der Waals surface area contributed by atoms with Crippen LogP contribution >= 0.6 is 22.6 Å². The summed E-state index contributed by atoms with van der Waals surface area (Å²) in [7, 11) is 0. The molecule has 5 heteroatoms. The fourth-order valence-corrected chi connectivity index (χ4v) is 7.93. The van der Waals surface area contributed by atoms with Gasteiger partial charge in [-0.05, 0) is 88.3 Å². The Labute approximate surface area is 322 Å². The fourth-order valence-electron chi connectivity index (χ4n) is 7.51. The lowest BCUT2D eigenvalue weighted by Crippen LogP contribution is -1.93. The average molecular weight is 804 g/mol. The Morgan fingerprint density at radius 1 is 0.453 bits per heavy atom. The van der Waals surface area contributed by atoms with E-state index in [1.54, 1.807) is 0 Å². The van der Waals surface area contributed by atoms with Gasteiger partial charge in [-0.2, -0.15) is 0 Å². The van der Waals surface area contributed by atoms with Crippen molar-refractivity contribution in [2.75, 3.05) is 0 Å². The minimum atomic E-state index is 0. The van der Waals surface area contributed by atoms with Gasteiger partial charge in [0.15, 0.2) is 0 Å². The third-order valence-electron chi connectivity index (χ3n) is 9.70. The Balaban J connectivity index is 0.000000146. The summed E-state index contributed by atoms with van der Waals surface area (Å²) < 4.78 is 6.08. The van der Waals surface area contributed by atoms with Gasteiger partial charge in [-0.15, -0.1) is 0 Å². The van der Waals surface area contributed by atoms with Crippen molar-refractivity contribution in [3.05, 3.63) is 203 Å². The van der Waals surface area contributed by atoms with Crippen LogP contribution < -0.4 is 0 Å². The summed E-state index contributed by atoms with van der Waals surface area (Å²) in [4.78, 5) is 3.53. The first-order valence-electron chi connectivity index (χ1n) is 17.3. The molecular formula is C48H39FIN3. The standard InChI is InChI=1S/C26H18N2.C15H11N.C6H5I.CH4.FH/c1-3-11-19(12-4-1)27-23-17-9-7-15-21(23)26-25(27)22-16-8-10-18-24(22)28(26)20-13-5-2-6-14-20;1-2-6-11-10(5-1)9-13-12-7-3-4-8-14(12)16-15(11)13;7-6-4-2-1-3-5-6;;/h1-18H;1-8,16H,9H2;1-5H;1H4;1H. The van der Waals surface area contributed by atoms with Crippen LogP contribution in [-0.2, 0) is 6.42 Å². The molecule has 0 spiro atoms. The summed E-state index contributed by atoms with van der Waals surface area (Å²) in [6.45, 7) is 0. The summed E-state index contributed by atoms with van der Waals surface area (Å²) in [5.74, 6) is 0. The van der Waals surface area contributed by atoms with E-state index in [0.29, 0.717) is 0 Å². The van der Waals surface area contributed by atoms with Crippen LogP contribution in [0, 0.1) is 3.57 Å². The maximum Gasteiger partial charge on any atom is 0.0803 e. The maximum absolute atomic E-state index is 3.53. The monoisotopic (exact) mass is 803 g/mol. The Bertz CT molecular complexity index is 2670. The number of nitrogens with zero attached hydrogens (tertiary/aromatic N) is 2. The van der Waals surface area contributed by atoms with Gasteiger partial charge in [-0.1, -0.05) is 141 Å². The number of halogens is 2. The van der Waals surface area contributed by atoms with E-state index < -0.39 is 0 Å². The number of benzene rings is 7. The van der Waals surface area contributed by atoms with Gasteiger partial charge < -0.3 is 14.1 Å². The van der Waals surface area contributed by atoms with Crippen molar-refractivity contribution in [1.29, 1.82) is 0 Å². The summed E-state index contributed by atoms with van der Waals surface area (Å²) in [5, 5.41) is 3.90. The highest BCUT2D eigenvalue weighted by Gasteiger charge is 2.23. The molecule has 0 radical (unpaired) electrons. The van der Waals surface area contributed by atoms with Gasteiger partial charge >= 0.3 is 0 Å². The van der Waals surface area contributed by atoms with Crippen molar-refractivity contribution < 1.29 is 4.70 Å². The predicted octanol–water partition coefficient (Wildman–Crippen LogP) is 13.5. The molecule has 53 heavy (non-hydrogen) atoms. The molecule has 0 saturated carbocycles. The number of rotatable bonds is 2. The van der Waals surface area contributed by atoms with Gasteiger partial charge in [-0.25, -0.2) is 0 Å². The first-order valence-corrected chi connectivity index (χ1v) is 18.4. The first-order chi connectivity index (χ1) is 25.3. The third-order valence-corrected chi connectivity index (χ3v) is 10.4. The van der Waals surface area contributed by atoms with Crippen LogP contribution in [0.1, 0.15) is 18.6 Å². The number of hydrogen-bond donors (Lipinski definition) is 1. The lowest BCUT2D eigenvalue weighted by Gasteiger charge is -2.08. The molecule has 1 N–H and O–H groups in total. The van der Waals surface area contributed by atoms with E-state index in [1.807, 2.05) is 18.2 Å². The molecule has 11 rings (SSSR count).